The first-order chi connectivity index (χ1) is 31.4. The van der Waals surface area contributed by atoms with E-state index < -0.39 is 77.2 Å². The topological polar surface area (TPSA) is 166 Å². The summed E-state index contributed by atoms with van der Waals surface area (Å²) in [5.41, 5.74) is 1.68. The molecule has 2 bridgehead atoms. The fourth-order valence-electron chi connectivity index (χ4n) is 13.8. The van der Waals surface area contributed by atoms with Crippen LogP contribution in [0.2, 0.25) is 0 Å². The molecule has 11 rings (SSSR count). The molecule has 5 saturated carbocycles. The molecule has 2 amide bonds. The van der Waals surface area contributed by atoms with Crippen LogP contribution in [0.15, 0.2) is 29.8 Å². The number of epoxide rings is 1. The first-order valence-corrected chi connectivity index (χ1v) is 25.3. The number of aliphatic hydroxyl groups excluding tert-OH is 1. The fraction of sp³-hybridized carbons (Fsp3) is 0.769. The summed E-state index contributed by atoms with van der Waals surface area (Å²) in [6, 6.07) is 5.66. The van der Waals surface area contributed by atoms with E-state index in [4.69, 9.17) is 28.5 Å². The molecule has 14 heteroatoms. The summed E-state index contributed by atoms with van der Waals surface area (Å²) in [7, 11) is 0. The Labute approximate surface area is 389 Å². The number of nitrogens with one attached hydrogen (secondary N) is 1. The van der Waals surface area contributed by atoms with Gasteiger partial charge in [-0.1, -0.05) is 49.8 Å². The molecule has 12 atom stereocenters. The summed E-state index contributed by atoms with van der Waals surface area (Å²) in [5.74, 6) is -0.894. The van der Waals surface area contributed by atoms with Gasteiger partial charge in [0.25, 0.3) is 0 Å². The zero-order valence-corrected chi connectivity index (χ0v) is 39.8. The number of hydrogen-bond acceptors (Lipinski definition) is 12. The van der Waals surface area contributed by atoms with E-state index in [1.54, 1.807) is 30.7 Å². The molecule has 10 fully saturated rings. The first kappa shape index (κ1) is 45.1. The molecule has 1 aromatic rings. The molecule has 2 N–H and O–H groups in total. The van der Waals surface area contributed by atoms with Crippen LogP contribution in [0.4, 0.5) is 0 Å². The number of benzene rings is 1. The number of ether oxygens (including phenoxy) is 5. The Hall–Kier alpha value is -3.40. The van der Waals surface area contributed by atoms with E-state index in [0.29, 0.717) is 37.3 Å². The Balaban J connectivity index is 0.900. The van der Waals surface area contributed by atoms with Crippen LogP contribution in [0.3, 0.4) is 0 Å². The van der Waals surface area contributed by atoms with Crippen molar-refractivity contribution in [2.24, 2.45) is 34.5 Å². The van der Waals surface area contributed by atoms with Crippen molar-refractivity contribution in [1.29, 1.82) is 0 Å². The molecular weight excluding hydrogens is 843 g/mol. The highest BCUT2D eigenvalue weighted by atomic mass is 16.8. The minimum atomic E-state index is -1.42. The lowest BCUT2D eigenvalue weighted by Gasteiger charge is -2.53. The number of carbonyl (C=O) groups excluding carboxylic acids is 4. The Bertz CT molecular complexity index is 2150. The second kappa shape index (κ2) is 16.1. The molecule has 1 unspecified atom stereocenters. The van der Waals surface area contributed by atoms with E-state index in [0.717, 1.165) is 68.9 Å². The van der Waals surface area contributed by atoms with Gasteiger partial charge in [-0.05, 0) is 133 Å². The van der Waals surface area contributed by atoms with E-state index >= 15 is 4.79 Å². The van der Waals surface area contributed by atoms with Crippen LogP contribution in [-0.2, 0) is 54.2 Å². The van der Waals surface area contributed by atoms with Crippen LogP contribution in [0.5, 0.6) is 0 Å². The number of hydroxylamine groups is 2. The predicted octanol–water partition coefficient (Wildman–Crippen LogP) is 6.15. The second-order valence-electron chi connectivity index (χ2n) is 23.6. The molecule has 1 aromatic carbocycles. The van der Waals surface area contributed by atoms with Gasteiger partial charge in [0.1, 0.15) is 41.5 Å². The summed E-state index contributed by atoms with van der Waals surface area (Å²) in [5, 5.41) is 14.9. The number of nitrogens with zero attached hydrogens (tertiary/aromatic N) is 2. The van der Waals surface area contributed by atoms with Crippen molar-refractivity contribution >= 4 is 29.8 Å². The smallest absolute Gasteiger partial charge is 0.327 e. The molecular formula is C52H71N3O11. The molecule has 14 nitrogen and oxygen atoms in total. The lowest BCUT2D eigenvalue weighted by molar-refractivity contribution is -0.235. The molecule has 5 aliphatic heterocycles. The summed E-state index contributed by atoms with van der Waals surface area (Å²) in [6.45, 7) is 12.6. The van der Waals surface area contributed by atoms with Crippen molar-refractivity contribution in [3.63, 3.8) is 0 Å². The summed E-state index contributed by atoms with van der Waals surface area (Å²) in [4.78, 5) is 66.0. The van der Waals surface area contributed by atoms with E-state index in [2.05, 4.69) is 50.4 Å². The fourth-order valence-corrected chi connectivity index (χ4v) is 13.8. The van der Waals surface area contributed by atoms with Gasteiger partial charge < -0.3 is 39.0 Å². The van der Waals surface area contributed by atoms with Gasteiger partial charge in [-0.3, -0.25) is 24.0 Å². The highest BCUT2D eigenvalue weighted by Crippen LogP contribution is 2.65. The maximum atomic E-state index is 15.8. The number of allylic oxidation sites excluding steroid dienone is 1. The summed E-state index contributed by atoms with van der Waals surface area (Å²) < 4.78 is 32.3. The largest absolute Gasteiger partial charge is 0.460 e. The van der Waals surface area contributed by atoms with Crippen LogP contribution in [-0.4, -0.2) is 118 Å². The van der Waals surface area contributed by atoms with E-state index in [9.17, 15) is 19.5 Å². The monoisotopic (exact) mass is 914 g/mol. The van der Waals surface area contributed by atoms with Crippen LogP contribution in [0, 0.1) is 34.5 Å². The SMILES string of the molecule is CC(C)(C)OC(=O)CC[C@@H](CO)NC(=O)[C@H]1CCCN1C(=O)[C@@]12C[C@H]3OC(=O)[C@@H]1N(Cc1ccccc1C=C1CCC4O[C@]4(C)CC[C@@H]4[C@@H]1CC4(C)C)O[C@@H]2[C@H]1OC(C2CC2)(C2CC2)O[C@H]13. The van der Waals surface area contributed by atoms with Gasteiger partial charge in [-0.25, -0.2) is 0 Å². The van der Waals surface area contributed by atoms with E-state index in [-0.39, 0.29) is 61.2 Å². The maximum absolute atomic E-state index is 15.8. The van der Waals surface area contributed by atoms with Gasteiger partial charge in [0.05, 0.1) is 30.9 Å². The molecule has 66 heavy (non-hydrogen) atoms. The number of rotatable bonds is 12. The molecule has 0 spiro atoms. The zero-order valence-electron chi connectivity index (χ0n) is 39.8. The molecule has 5 heterocycles. The van der Waals surface area contributed by atoms with Gasteiger partial charge in [-0.2, -0.15) is 5.06 Å². The van der Waals surface area contributed by atoms with Crippen molar-refractivity contribution in [2.45, 2.75) is 204 Å². The van der Waals surface area contributed by atoms with Crippen molar-refractivity contribution < 1.29 is 52.8 Å². The van der Waals surface area contributed by atoms with Crippen LogP contribution in [0.1, 0.15) is 143 Å². The number of fused-ring (bicyclic) bond motifs is 6. The second-order valence-corrected chi connectivity index (χ2v) is 23.6. The lowest BCUT2D eigenvalue weighted by Crippen LogP contribution is -2.70. The average Bonchev–Trinajstić information content (AvgIpc) is 4.23. The third-order valence-corrected chi connectivity index (χ3v) is 17.5. The van der Waals surface area contributed by atoms with Gasteiger partial charge in [-0.15, -0.1) is 0 Å². The number of esters is 2. The molecule has 10 aliphatic rings. The van der Waals surface area contributed by atoms with Crippen LogP contribution in [0.25, 0.3) is 6.08 Å². The summed E-state index contributed by atoms with van der Waals surface area (Å²) >= 11 is 0. The minimum Gasteiger partial charge on any atom is -0.460 e. The molecule has 0 radical (unpaired) electrons. The van der Waals surface area contributed by atoms with Gasteiger partial charge in [0.15, 0.2) is 11.8 Å². The number of carbonyl (C=O) groups is 4. The Morgan fingerprint density at radius 2 is 1.71 bits per heavy atom. The Kier molecular flexibility index (Phi) is 11.0. The zero-order chi connectivity index (χ0) is 46.1. The first-order valence-electron chi connectivity index (χ1n) is 25.3. The number of aliphatic hydroxyl groups is 1. The quantitative estimate of drug-likeness (QED) is 0.182. The van der Waals surface area contributed by atoms with E-state index in [1.807, 2.05) is 6.07 Å². The number of amides is 2. The Morgan fingerprint density at radius 3 is 2.42 bits per heavy atom. The molecule has 5 saturated heterocycles. The summed E-state index contributed by atoms with van der Waals surface area (Å²) in [6.07, 6.45) is 10.6. The Morgan fingerprint density at radius 1 is 0.970 bits per heavy atom. The van der Waals surface area contributed by atoms with Gasteiger partial charge in [0, 0.05) is 31.2 Å². The highest BCUT2D eigenvalue weighted by molar-refractivity contribution is 5.96. The standard InChI is InChI=1S/C52H71N3O11/c1-48(2,3)63-40(57)20-18-34(28-56)53-45(58)37-12-9-23-54(37)47(60)51-26-38-41-42(65-52(64-41,32-14-15-32)33-16-17-33)44(51)66-55(43(51)46(59)61-38)27-31-11-8-7-10-29(31)24-30-13-19-39-50(6,62-39)22-21-36-35(30)25-49(36,4)5/h7-8,10-11,24,32-39,41-44,56H,9,12-23,25-28H2,1-6H3,(H,53,58)/t34-,35+,36+,37+,38+,39?,41-,42-,43-,44+,50+,51-/m0/s1. The highest BCUT2D eigenvalue weighted by Gasteiger charge is 2.79. The molecule has 0 aromatic heterocycles. The minimum absolute atomic E-state index is 0.0114. The average molecular weight is 914 g/mol. The van der Waals surface area contributed by atoms with Crippen molar-refractivity contribution in [1.82, 2.24) is 15.3 Å². The molecule has 360 valence electrons. The van der Waals surface area contributed by atoms with Crippen molar-refractivity contribution in [3.05, 3.63) is 41.0 Å². The molecule has 5 aliphatic carbocycles. The van der Waals surface area contributed by atoms with Crippen LogP contribution < -0.4 is 5.32 Å². The van der Waals surface area contributed by atoms with Crippen LogP contribution >= 0.6 is 0 Å². The third-order valence-electron chi connectivity index (χ3n) is 17.5. The van der Waals surface area contributed by atoms with Gasteiger partial charge in [0.2, 0.25) is 11.8 Å². The number of hydrogen-bond donors (Lipinski definition) is 2. The van der Waals surface area contributed by atoms with Crippen molar-refractivity contribution in [3.8, 4) is 0 Å². The van der Waals surface area contributed by atoms with Gasteiger partial charge >= 0.3 is 11.9 Å². The lowest BCUT2D eigenvalue weighted by atomic mass is 9.52. The maximum Gasteiger partial charge on any atom is 0.327 e. The van der Waals surface area contributed by atoms with E-state index in [1.165, 1.54) is 5.57 Å². The predicted molar refractivity (Wildman–Crippen MR) is 239 cm³/mol. The third kappa shape index (κ3) is 7.66. The van der Waals surface area contributed by atoms with Crippen molar-refractivity contribution in [2.75, 3.05) is 13.2 Å². The number of likely N-dealkylation sites (tertiary alicyclic amines) is 1. The normalized spacial score (nSPS) is 39.6.